The molecule has 4 rings (SSSR count). The third-order valence-corrected chi connectivity index (χ3v) is 5.16. The first kappa shape index (κ1) is 19.0. The first-order valence-corrected chi connectivity index (χ1v) is 9.89. The molecule has 3 nitrogen and oxygen atoms in total. The van der Waals surface area contributed by atoms with Crippen LogP contribution in [0.3, 0.4) is 0 Å². The monoisotopic (exact) mass is 379 g/mol. The van der Waals surface area contributed by atoms with Gasteiger partial charge in [0.05, 0.1) is 0 Å². The van der Waals surface area contributed by atoms with Gasteiger partial charge in [0.1, 0.15) is 0 Å². The second-order valence-corrected chi connectivity index (χ2v) is 7.81. The smallest absolute Gasteiger partial charge is 0.164 e. The van der Waals surface area contributed by atoms with Crippen molar-refractivity contribution in [2.75, 3.05) is 0 Å². The Morgan fingerprint density at radius 2 is 0.828 bits per heavy atom. The lowest BCUT2D eigenvalue weighted by atomic mass is 9.99. The maximum absolute atomic E-state index is 4.88. The highest BCUT2D eigenvalue weighted by molar-refractivity contribution is 5.70. The first-order chi connectivity index (χ1) is 13.9. The molecule has 0 aliphatic rings. The van der Waals surface area contributed by atoms with E-state index in [1.54, 1.807) is 0 Å². The summed E-state index contributed by atoms with van der Waals surface area (Å²) in [5, 5.41) is 0. The van der Waals surface area contributed by atoms with Crippen LogP contribution in [0.1, 0.15) is 27.8 Å². The molecule has 0 radical (unpaired) electrons. The van der Waals surface area contributed by atoms with Gasteiger partial charge in [0, 0.05) is 16.7 Å². The fourth-order valence-electron chi connectivity index (χ4n) is 3.68. The van der Waals surface area contributed by atoms with Crippen LogP contribution in [-0.2, 0) is 0 Å². The van der Waals surface area contributed by atoms with Crippen molar-refractivity contribution in [1.29, 1.82) is 0 Å². The zero-order chi connectivity index (χ0) is 20.5. The van der Waals surface area contributed by atoms with Crippen LogP contribution in [0.5, 0.6) is 0 Å². The molecule has 0 amide bonds. The van der Waals surface area contributed by atoms with Crippen LogP contribution in [0.25, 0.3) is 34.2 Å². The standard InChI is InChI=1S/C26H25N3/c1-16-6-10-21(11-7-16)24-27-25(22-12-8-17(2)9-13-22)29-26(28-24)23-19(4)14-18(3)15-20(23)5/h6-15H,1-5H3. The summed E-state index contributed by atoms with van der Waals surface area (Å²) in [7, 11) is 0. The minimum atomic E-state index is 0.699. The first-order valence-electron chi connectivity index (χ1n) is 9.89. The lowest BCUT2D eigenvalue weighted by molar-refractivity contribution is 1.06. The Morgan fingerprint density at radius 1 is 0.448 bits per heavy atom. The van der Waals surface area contributed by atoms with Gasteiger partial charge in [-0.2, -0.15) is 0 Å². The van der Waals surface area contributed by atoms with Crippen LogP contribution < -0.4 is 0 Å². The van der Waals surface area contributed by atoms with Crippen molar-refractivity contribution >= 4 is 0 Å². The summed E-state index contributed by atoms with van der Waals surface area (Å²) in [5.74, 6) is 2.12. The molecule has 0 saturated carbocycles. The second-order valence-electron chi connectivity index (χ2n) is 7.81. The van der Waals surface area contributed by atoms with Gasteiger partial charge in [-0.25, -0.2) is 15.0 Å². The summed E-state index contributed by atoms with van der Waals surface area (Å²) in [6.07, 6.45) is 0. The lowest BCUT2D eigenvalue weighted by Crippen LogP contribution is -2.02. The van der Waals surface area contributed by atoms with Crippen molar-refractivity contribution in [3.63, 3.8) is 0 Å². The molecule has 4 aromatic rings. The number of aryl methyl sites for hydroxylation is 5. The predicted octanol–water partition coefficient (Wildman–Crippen LogP) is 6.41. The average Bonchev–Trinajstić information content (AvgIpc) is 2.68. The normalized spacial score (nSPS) is 10.9. The molecule has 144 valence electrons. The molecule has 0 aliphatic heterocycles. The van der Waals surface area contributed by atoms with E-state index in [0.717, 1.165) is 22.5 Å². The zero-order valence-corrected chi connectivity index (χ0v) is 17.6. The van der Waals surface area contributed by atoms with Gasteiger partial charge >= 0.3 is 0 Å². The fraction of sp³-hybridized carbons (Fsp3) is 0.192. The fourth-order valence-corrected chi connectivity index (χ4v) is 3.68. The molecule has 0 aliphatic carbocycles. The highest BCUT2D eigenvalue weighted by Crippen LogP contribution is 2.29. The van der Waals surface area contributed by atoms with Crippen LogP contribution in [0.4, 0.5) is 0 Å². The van der Waals surface area contributed by atoms with Gasteiger partial charge in [-0.05, 0) is 45.7 Å². The van der Waals surface area contributed by atoms with E-state index in [9.17, 15) is 0 Å². The summed E-state index contributed by atoms with van der Waals surface area (Å²) in [6, 6.07) is 21.0. The van der Waals surface area contributed by atoms with Gasteiger partial charge in [-0.15, -0.1) is 0 Å². The van der Waals surface area contributed by atoms with E-state index < -0.39 is 0 Å². The van der Waals surface area contributed by atoms with Crippen molar-refractivity contribution in [2.45, 2.75) is 34.6 Å². The van der Waals surface area contributed by atoms with Gasteiger partial charge in [-0.3, -0.25) is 0 Å². The van der Waals surface area contributed by atoms with Crippen molar-refractivity contribution in [3.05, 3.63) is 88.5 Å². The zero-order valence-electron chi connectivity index (χ0n) is 17.6. The number of hydrogen-bond acceptors (Lipinski definition) is 3. The Kier molecular flexibility index (Phi) is 4.98. The summed E-state index contributed by atoms with van der Waals surface area (Å²) in [6.45, 7) is 10.5. The predicted molar refractivity (Wildman–Crippen MR) is 120 cm³/mol. The van der Waals surface area contributed by atoms with Crippen LogP contribution in [-0.4, -0.2) is 15.0 Å². The van der Waals surface area contributed by atoms with E-state index in [-0.39, 0.29) is 0 Å². The number of rotatable bonds is 3. The molecule has 29 heavy (non-hydrogen) atoms. The minimum absolute atomic E-state index is 0.699. The largest absolute Gasteiger partial charge is 0.208 e. The number of nitrogens with zero attached hydrogens (tertiary/aromatic N) is 3. The Labute approximate surface area is 172 Å². The molecule has 3 heteroatoms. The van der Waals surface area contributed by atoms with Crippen LogP contribution >= 0.6 is 0 Å². The summed E-state index contributed by atoms with van der Waals surface area (Å²) in [5.41, 5.74) is 9.11. The molecule has 0 saturated heterocycles. The Balaban J connectivity index is 1.96. The Bertz CT molecular complexity index is 1090. The van der Waals surface area contributed by atoms with E-state index >= 15 is 0 Å². The van der Waals surface area contributed by atoms with Crippen molar-refractivity contribution in [3.8, 4) is 34.2 Å². The topological polar surface area (TPSA) is 38.7 Å². The van der Waals surface area contributed by atoms with E-state index in [2.05, 4.69) is 95.3 Å². The van der Waals surface area contributed by atoms with Gasteiger partial charge in [0.15, 0.2) is 17.5 Å². The van der Waals surface area contributed by atoms with E-state index in [0.29, 0.717) is 11.6 Å². The number of aromatic nitrogens is 3. The summed E-state index contributed by atoms with van der Waals surface area (Å²) in [4.78, 5) is 14.6. The number of benzene rings is 3. The maximum Gasteiger partial charge on any atom is 0.164 e. The van der Waals surface area contributed by atoms with E-state index in [4.69, 9.17) is 15.0 Å². The van der Waals surface area contributed by atoms with Gasteiger partial charge in [0.25, 0.3) is 0 Å². The van der Waals surface area contributed by atoms with Gasteiger partial charge < -0.3 is 0 Å². The Hall–Kier alpha value is -3.33. The molecule has 0 spiro atoms. The van der Waals surface area contributed by atoms with Crippen LogP contribution in [0.2, 0.25) is 0 Å². The van der Waals surface area contributed by atoms with Gasteiger partial charge in [0.2, 0.25) is 0 Å². The molecule has 0 atom stereocenters. The minimum Gasteiger partial charge on any atom is -0.208 e. The van der Waals surface area contributed by atoms with Crippen molar-refractivity contribution < 1.29 is 0 Å². The van der Waals surface area contributed by atoms with Crippen molar-refractivity contribution in [1.82, 2.24) is 15.0 Å². The van der Waals surface area contributed by atoms with E-state index in [1.807, 2.05) is 0 Å². The van der Waals surface area contributed by atoms with E-state index in [1.165, 1.54) is 27.8 Å². The molecular weight excluding hydrogens is 354 g/mol. The van der Waals surface area contributed by atoms with Crippen molar-refractivity contribution in [2.24, 2.45) is 0 Å². The average molecular weight is 380 g/mol. The molecule has 0 N–H and O–H groups in total. The van der Waals surface area contributed by atoms with Crippen LogP contribution in [0, 0.1) is 34.6 Å². The third-order valence-electron chi connectivity index (χ3n) is 5.16. The summed E-state index contributed by atoms with van der Waals surface area (Å²) >= 11 is 0. The molecule has 3 aromatic carbocycles. The number of hydrogen-bond donors (Lipinski definition) is 0. The quantitative estimate of drug-likeness (QED) is 0.412. The highest BCUT2D eigenvalue weighted by atomic mass is 15.0. The molecule has 0 unspecified atom stereocenters. The van der Waals surface area contributed by atoms with Gasteiger partial charge in [-0.1, -0.05) is 77.4 Å². The molecular formula is C26H25N3. The molecule has 0 bridgehead atoms. The molecule has 0 fully saturated rings. The maximum atomic E-state index is 4.88. The highest BCUT2D eigenvalue weighted by Gasteiger charge is 2.15. The molecule has 1 aromatic heterocycles. The Morgan fingerprint density at radius 3 is 1.24 bits per heavy atom. The second kappa shape index (κ2) is 7.59. The third kappa shape index (κ3) is 3.95. The SMILES string of the molecule is Cc1ccc(-c2nc(-c3ccc(C)cc3)nc(-c3c(C)cc(C)cc3C)n2)cc1. The lowest BCUT2D eigenvalue weighted by Gasteiger charge is -2.13. The summed E-state index contributed by atoms with van der Waals surface area (Å²) < 4.78 is 0. The molecule has 1 heterocycles. The van der Waals surface area contributed by atoms with Crippen LogP contribution in [0.15, 0.2) is 60.7 Å².